The molecular formula is C44H26N4O. The predicted octanol–water partition coefficient (Wildman–Crippen LogP) is 11.3. The topological polar surface area (TPSA) is 64.7 Å². The van der Waals surface area contributed by atoms with Crippen LogP contribution in [-0.4, -0.2) is 19.9 Å². The molecule has 2 heterocycles. The van der Waals surface area contributed by atoms with E-state index in [4.69, 9.17) is 24.4 Å². The first-order valence-corrected chi connectivity index (χ1v) is 16.3. The van der Waals surface area contributed by atoms with Crippen molar-refractivity contribution < 1.29 is 4.42 Å². The van der Waals surface area contributed by atoms with Crippen LogP contribution in [0.15, 0.2) is 162 Å². The van der Waals surface area contributed by atoms with Crippen LogP contribution in [0, 0.1) is 0 Å². The Morgan fingerprint density at radius 2 is 0.980 bits per heavy atom. The summed E-state index contributed by atoms with van der Waals surface area (Å²) in [6.45, 7) is 0. The minimum absolute atomic E-state index is 0.606. The van der Waals surface area contributed by atoms with E-state index < -0.39 is 0 Å². The standard InChI is InChI=1S/C44H26N4O/c1-2-13-29(14-3-1)44-45-39-35-24-23-32(26-38(35)34-18-8-9-19-36(34)40(39)49-44)42-46-41(31-22-21-27-11-4-5-15-30(27)25-31)47-43(48-42)37-20-10-16-28-12-6-7-17-33(28)37/h1-26H. The number of oxazole rings is 1. The number of rotatable bonds is 4. The van der Waals surface area contributed by atoms with Gasteiger partial charge in [-0.15, -0.1) is 0 Å². The average molecular weight is 627 g/mol. The molecule has 5 heteroatoms. The predicted molar refractivity (Wildman–Crippen MR) is 199 cm³/mol. The fourth-order valence-electron chi connectivity index (χ4n) is 6.92. The van der Waals surface area contributed by atoms with E-state index in [0.717, 1.165) is 71.1 Å². The van der Waals surface area contributed by atoms with Gasteiger partial charge in [-0.05, 0) is 56.6 Å². The lowest BCUT2D eigenvalue weighted by molar-refractivity contribution is 0.623. The lowest BCUT2D eigenvalue weighted by Gasteiger charge is -2.12. The molecule has 0 amide bonds. The monoisotopic (exact) mass is 626 g/mol. The van der Waals surface area contributed by atoms with Crippen molar-refractivity contribution in [3.63, 3.8) is 0 Å². The zero-order valence-electron chi connectivity index (χ0n) is 26.2. The molecule has 2 aromatic heterocycles. The molecule has 49 heavy (non-hydrogen) atoms. The molecule has 10 aromatic rings. The van der Waals surface area contributed by atoms with Gasteiger partial charge in [0.15, 0.2) is 23.1 Å². The van der Waals surface area contributed by atoms with Crippen LogP contribution < -0.4 is 0 Å². The summed E-state index contributed by atoms with van der Waals surface area (Å²) in [5.74, 6) is 2.48. The van der Waals surface area contributed by atoms with Crippen LogP contribution in [0.1, 0.15) is 0 Å². The summed E-state index contributed by atoms with van der Waals surface area (Å²) in [7, 11) is 0. The summed E-state index contributed by atoms with van der Waals surface area (Å²) in [6, 6.07) is 54.1. The minimum Gasteiger partial charge on any atom is -0.435 e. The van der Waals surface area contributed by atoms with Crippen LogP contribution >= 0.6 is 0 Å². The molecule has 10 rings (SSSR count). The van der Waals surface area contributed by atoms with E-state index in [1.807, 2.05) is 36.4 Å². The Kier molecular flexibility index (Phi) is 6.11. The highest BCUT2D eigenvalue weighted by atomic mass is 16.3. The van der Waals surface area contributed by atoms with Crippen molar-refractivity contribution in [2.24, 2.45) is 0 Å². The second-order valence-corrected chi connectivity index (χ2v) is 12.3. The number of hydrogen-bond acceptors (Lipinski definition) is 5. The van der Waals surface area contributed by atoms with Crippen LogP contribution in [-0.2, 0) is 0 Å². The van der Waals surface area contributed by atoms with E-state index in [0.29, 0.717) is 23.4 Å². The number of aromatic nitrogens is 4. The first-order valence-electron chi connectivity index (χ1n) is 16.3. The Labute approximate surface area is 281 Å². The van der Waals surface area contributed by atoms with Crippen LogP contribution in [0.3, 0.4) is 0 Å². The third kappa shape index (κ3) is 4.55. The molecule has 0 fully saturated rings. The lowest BCUT2D eigenvalue weighted by Crippen LogP contribution is -2.00. The molecule has 0 bridgehead atoms. The number of fused-ring (bicyclic) bond motifs is 8. The summed E-state index contributed by atoms with van der Waals surface area (Å²) in [6.07, 6.45) is 0. The van der Waals surface area contributed by atoms with E-state index in [2.05, 4.69) is 121 Å². The van der Waals surface area contributed by atoms with Crippen molar-refractivity contribution in [3.8, 4) is 45.6 Å². The first kappa shape index (κ1) is 27.4. The van der Waals surface area contributed by atoms with Gasteiger partial charge in [0.05, 0.1) is 0 Å². The number of nitrogens with zero attached hydrogens (tertiary/aromatic N) is 4. The van der Waals surface area contributed by atoms with Gasteiger partial charge in [-0.25, -0.2) is 19.9 Å². The number of hydrogen-bond donors (Lipinski definition) is 0. The quantitative estimate of drug-likeness (QED) is 0.182. The molecule has 0 saturated carbocycles. The molecule has 0 radical (unpaired) electrons. The Balaban J connectivity index is 1.22. The highest BCUT2D eigenvalue weighted by molar-refractivity contribution is 6.23. The second-order valence-electron chi connectivity index (χ2n) is 12.3. The maximum Gasteiger partial charge on any atom is 0.227 e. The van der Waals surface area contributed by atoms with Crippen LogP contribution in [0.25, 0.3) is 99.8 Å². The van der Waals surface area contributed by atoms with Crippen LogP contribution in [0.4, 0.5) is 0 Å². The third-order valence-corrected chi connectivity index (χ3v) is 9.32. The Morgan fingerprint density at radius 3 is 1.82 bits per heavy atom. The van der Waals surface area contributed by atoms with Gasteiger partial charge in [-0.2, -0.15) is 0 Å². The molecular weight excluding hydrogens is 601 g/mol. The molecule has 0 aliphatic carbocycles. The Bertz CT molecular complexity index is 2890. The van der Waals surface area contributed by atoms with E-state index >= 15 is 0 Å². The molecule has 0 unspecified atom stereocenters. The van der Waals surface area contributed by atoms with Gasteiger partial charge in [0.25, 0.3) is 0 Å². The minimum atomic E-state index is 0.606. The average Bonchev–Trinajstić information content (AvgIpc) is 3.64. The molecule has 5 nitrogen and oxygen atoms in total. The summed E-state index contributed by atoms with van der Waals surface area (Å²) >= 11 is 0. The molecule has 0 atom stereocenters. The van der Waals surface area contributed by atoms with Crippen LogP contribution in [0.5, 0.6) is 0 Å². The third-order valence-electron chi connectivity index (χ3n) is 9.32. The van der Waals surface area contributed by atoms with Gasteiger partial charge in [0, 0.05) is 33.0 Å². The van der Waals surface area contributed by atoms with Gasteiger partial charge in [0.2, 0.25) is 5.89 Å². The van der Waals surface area contributed by atoms with Crippen molar-refractivity contribution >= 4 is 54.2 Å². The SMILES string of the molecule is c1ccc(-c2nc3c4ccc(-c5nc(-c6ccc7ccccc7c6)nc(-c6cccc7ccccc67)n5)cc4c4ccccc4c3o2)cc1. The largest absolute Gasteiger partial charge is 0.435 e. The van der Waals surface area contributed by atoms with Gasteiger partial charge >= 0.3 is 0 Å². The highest BCUT2D eigenvalue weighted by Gasteiger charge is 2.19. The summed E-state index contributed by atoms with van der Waals surface area (Å²) in [4.78, 5) is 20.4. The van der Waals surface area contributed by atoms with Crippen molar-refractivity contribution in [1.82, 2.24) is 19.9 Å². The molecule has 228 valence electrons. The zero-order chi connectivity index (χ0) is 32.3. The van der Waals surface area contributed by atoms with Crippen molar-refractivity contribution in [2.45, 2.75) is 0 Å². The fourth-order valence-corrected chi connectivity index (χ4v) is 6.92. The Hall–Kier alpha value is -6.72. The van der Waals surface area contributed by atoms with Gasteiger partial charge in [-0.1, -0.05) is 133 Å². The first-order chi connectivity index (χ1) is 24.3. The van der Waals surface area contributed by atoms with E-state index in [9.17, 15) is 0 Å². The van der Waals surface area contributed by atoms with E-state index in [-0.39, 0.29) is 0 Å². The summed E-state index contributed by atoms with van der Waals surface area (Å²) in [5, 5.41) is 8.72. The van der Waals surface area contributed by atoms with E-state index in [1.165, 1.54) is 5.39 Å². The zero-order valence-corrected chi connectivity index (χ0v) is 26.2. The smallest absolute Gasteiger partial charge is 0.227 e. The molecule has 0 spiro atoms. The van der Waals surface area contributed by atoms with Gasteiger partial charge in [0.1, 0.15) is 5.52 Å². The van der Waals surface area contributed by atoms with Crippen molar-refractivity contribution in [3.05, 3.63) is 158 Å². The molecule has 0 N–H and O–H groups in total. The number of benzene rings is 8. The highest BCUT2D eigenvalue weighted by Crippen LogP contribution is 2.39. The summed E-state index contributed by atoms with van der Waals surface area (Å²) < 4.78 is 6.44. The molecule has 8 aromatic carbocycles. The molecule has 0 aliphatic heterocycles. The fraction of sp³-hybridized carbons (Fsp3) is 0. The maximum atomic E-state index is 6.44. The normalized spacial score (nSPS) is 11.7. The molecule has 0 aliphatic rings. The lowest BCUT2D eigenvalue weighted by atomic mass is 9.98. The molecule has 0 saturated heterocycles. The van der Waals surface area contributed by atoms with Gasteiger partial charge < -0.3 is 4.42 Å². The summed E-state index contributed by atoms with van der Waals surface area (Å²) in [5.41, 5.74) is 5.37. The van der Waals surface area contributed by atoms with Crippen LogP contribution in [0.2, 0.25) is 0 Å². The maximum absolute atomic E-state index is 6.44. The second kappa shape index (κ2) is 10.9. The van der Waals surface area contributed by atoms with Crippen molar-refractivity contribution in [2.75, 3.05) is 0 Å². The van der Waals surface area contributed by atoms with E-state index in [1.54, 1.807) is 0 Å². The Morgan fingerprint density at radius 1 is 0.347 bits per heavy atom. The van der Waals surface area contributed by atoms with Gasteiger partial charge in [-0.3, -0.25) is 0 Å². The van der Waals surface area contributed by atoms with Crippen molar-refractivity contribution in [1.29, 1.82) is 0 Å².